The maximum Gasteiger partial charge on any atom is 0.161 e. The fourth-order valence-electron chi connectivity index (χ4n) is 3.30. The summed E-state index contributed by atoms with van der Waals surface area (Å²) in [5, 5.41) is 0. The Bertz CT molecular complexity index is 953. The number of methoxy groups -OCH3 is 2. The summed E-state index contributed by atoms with van der Waals surface area (Å²) in [6, 6.07) is 20.1. The van der Waals surface area contributed by atoms with Gasteiger partial charge in [-0.2, -0.15) is 0 Å². The van der Waals surface area contributed by atoms with Gasteiger partial charge in [-0.25, -0.2) is 0 Å². The fraction of sp³-hybridized carbons (Fsp3) is 0.214. The van der Waals surface area contributed by atoms with E-state index in [1.807, 2.05) is 72.8 Å². The van der Waals surface area contributed by atoms with Gasteiger partial charge >= 0.3 is 0 Å². The van der Waals surface area contributed by atoms with Crippen molar-refractivity contribution in [2.45, 2.75) is 26.1 Å². The minimum Gasteiger partial charge on any atom is -0.493 e. The average Bonchev–Trinajstić information content (AvgIpc) is 2.83. The van der Waals surface area contributed by atoms with Crippen molar-refractivity contribution in [3.8, 4) is 23.0 Å². The van der Waals surface area contributed by atoms with Crippen LogP contribution in [0.2, 0.25) is 0 Å². The lowest BCUT2D eigenvalue weighted by Crippen LogP contribution is -2.00. The predicted molar refractivity (Wildman–Crippen MR) is 129 cm³/mol. The maximum atomic E-state index is 5.97. The molecule has 0 unspecified atom stereocenters. The van der Waals surface area contributed by atoms with Crippen LogP contribution in [-0.4, -0.2) is 14.2 Å². The molecule has 0 aromatic heterocycles. The molecule has 3 rings (SSSR count). The molecule has 0 bridgehead atoms. The monoisotopic (exact) mass is 430 g/mol. The quantitative estimate of drug-likeness (QED) is 0.315. The fourth-order valence-corrected chi connectivity index (χ4v) is 3.30. The van der Waals surface area contributed by atoms with E-state index in [1.165, 1.54) is 0 Å². The van der Waals surface area contributed by atoms with Crippen molar-refractivity contribution >= 4 is 0 Å². The smallest absolute Gasteiger partial charge is 0.161 e. The first-order chi connectivity index (χ1) is 15.7. The van der Waals surface area contributed by atoms with Gasteiger partial charge < -0.3 is 18.9 Å². The molecule has 0 fully saturated rings. The topological polar surface area (TPSA) is 36.9 Å². The predicted octanol–water partition coefficient (Wildman–Crippen LogP) is 6.32. The number of allylic oxidation sites excluding steroid dienone is 2. The van der Waals surface area contributed by atoms with E-state index in [-0.39, 0.29) is 0 Å². The molecule has 0 aliphatic heterocycles. The van der Waals surface area contributed by atoms with E-state index in [0.29, 0.717) is 13.2 Å². The van der Waals surface area contributed by atoms with Crippen molar-refractivity contribution in [3.63, 3.8) is 0 Å². The number of ether oxygens (including phenoxy) is 4. The molecule has 0 aliphatic rings. The molecule has 32 heavy (non-hydrogen) atoms. The third-order valence-electron chi connectivity index (χ3n) is 5.03. The van der Waals surface area contributed by atoms with E-state index in [0.717, 1.165) is 58.1 Å². The van der Waals surface area contributed by atoms with Gasteiger partial charge in [0.1, 0.15) is 13.2 Å². The van der Waals surface area contributed by atoms with Crippen molar-refractivity contribution in [2.75, 3.05) is 14.2 Å². The van der Waals surface area contributed by atoms with Crippen LogP contribution in [0.25, 0.3) is 0 Å². The SMILES string of the molecule is C=CCc1ccc(OCc2ccc(COc3ccc(CC=C)cc3OC)cc2)c(OC)c1. The average molecular weight is 431 g/mol. The first-order valence-electron chi connectivity index (χ1n) is 10.6. The Kier molecular flexibility index (Phi) is 8.38. The van der Waals surface area contributed by atoms with E-state index in [2.05, 4.69) is 13.2 Å². The molecule has 3 aromatic carbocycles. The number of hydrogen-bond acceptors (Lipinski definition) is 4. The molecule has 0 heterocycles. The van der Waals surface area contributed by atoms with E-state index >= 15 is 0 Å². The zero-order chi connectivity index (χ0) is 22.8. The molecule has 4 nitrogen and oxygen atoms in total. The highest BCUT2D eigenvalue weighted by Gasteiger charge is 2.08. The lowest BCUT2D eigenvalue weighted by atomic mass is 10.1. The molecular formula is C28H30O4. The molecule has 0 aliphatic carbocycles. The molecule has 0 N–H and O–H groups in total. The van der Waals surface area contributed by atoms with Crippen molar-refractivity contribution < 1.29 is 18.9 Å². The van der Waals surface area contributed by atoms with Crippen LogP contribution in [0.4, 0.5) is 0 Å². The van der Waals surface area contributed by atoms with Crippen LogP contribution in [0.1, 0.15) is 22.3 Å². The Balaban J connectivity index is 1.58. The van der Waals surface area contributed by atoms with Gasteiger partial charge in [0.15, 0.2) is 23.0 Å². The van der Waals surface area contributed by atoms with Gasteiger partial charge in [0.2, 0.25) is 0 Å². The second kappa shape index (κ2) is 11.7. The Morgan fingerprint density at radius 3 is 1.28 bits per heavy atom. The van der Waals surface area contributed by atoms with Gasteiger partial charge in [0.05, 0.1) is 14.2 Å². The van der Waals surface area contributed by atoms with E-state index in [9.17, 15) is 0 Å². The molecule has 0 amide bonds. The summed E-state index contributed by atoms with van der Waals surface area (Å²) >= 11 is 0. The third kappa shape index (κ3) is 6.17. The molecule has 4 heteroatoms. The number of benzene rings is 3. The van der Waals surface area contributed by atoms with Crippen LogP contribution in [0, 0.1) is 0 Å². The Hall–Kier alpha value is -3.66. The molecule has 0 radical (unpaired) electrons. The Labute approximate surface area is 190 Å². The Morgan fingerprint density at radius 2 is 0.938 bits per heavy atom. The van der Waals surface area contributed by atoms with E-state index in [4.69, 9.17) is 18.9 Å². The normalized spacial score (nSPS) is 10.3. The van der Waals surface area contributed by atoms with E-state index < -0.39 is 0 Å². The highest BCUT2D eigenvalue weighted by molar-refractivity contribution is 5.44. The van der Waals surface area contributed by atoms with Gasteiger partial charge in [0, 0.05) is 0 Å². The summed E-state index contributed by atoms with van der Waals surface area (Å²) in [5.74, 6) is 2.89. The molecular weight excluding hydrogens is 400 g/mol. The number of hydrogen-bond donors (Lipinski definition) is 0. The van der Waals surface area contributed by atoms with Crippen LogP contribution in [0.15, 0.2) is 86.0 Å². The molecule has 3 aromatic rings. The highest BCUT2D eigenvalue weighted by atomic mass is 16.5. The standard InChI is InChI=1S/C28H30O4/c1-5-7-21-13-15-25(27(17-21)29-3)31-19-23-9-11-24(12-10-23)20-32-26-16-14-22(8-6-2)18-28(26)30-4/h5-6,9-18H,1-2,7-8,19-20H2,3-4H3. The summed E-state index contributed by atoms with van der Waals surface area (Å²) in [5.41, 5.74) is 4.41. The Morgan fingerprint density at radius 1 is 0.562 bits per heavy atom. The van der Waals surface area contributed by atoms with Crippen LogP contribution in [-0.2, 0) is 26.1 Å². The van der Waals surface area contributed by atoms with Crippen LogP contribution < -0.4 is 18.9 Å². The zero-order valence-corrected chi connectivity index (χ0v) is 18.8. The molecule has 0 saturated carbocycles. The molecule has 0 atom stereocenters. The second-order valence-electron chi connectivity index (χ2n) is 7.35. The number of rotatable bonds is 12. The summed E-state index contributed by atoms with van der Waals surface area (Å²) in [7, 11) is 3.30. The molecule has 166 valence electrons. The summed E-state index contributed by atoms with van der Waals surface area (Å²) in [4.78, 5) is 0. The van der Waals surface area contributed by atoms with Crippen LogP contribution >= 0.6 is 0 Å². The zero-order valence-electron chi connectivity index (χ0n) is 18.8. The van der Waals surface area contributed by atoms with E-state index in [1.54, 1.807) is 14.2 Å². The van der Waals surface area contributed by atoms with Gasteiger partial charge in [-0.1, -0.05) is 48.6 Å². The lowest BCUT2D eigenvalue weighted by Gasteiger charge is -2.13. The van der Waals surface area contributed by atoms with Gasteiger partial charge in [-0.15, -0.1) is 13.2 Å². The summed E-state index contributed by atoms with van der Waals surface area (Å²) in [6.45, 7) is 8.46. The minimum absolute atomic E-state index is 0.455. The van der Waals surface area contributed by atoms with Crippen molar-refractivity contribution in [1.29, 1.82) is 0 Å². The van der Waals surface area contributed by atoms with Crippen LogP contribution in [0.3, 0.4) is 0 Å². The second-order valence-corrected chi connectivity index (χ2v) is 7.35. The minimum atomic E-state index is 0.455. The maximum absolute atomic E-state index is 5.97. The van der Waals surface area contributed by atoms with Crippen molar-refractivity contribution in [2.24, 2.45) is 0 Å². The highest BCUT2D eigenvalue weighted by Crippen LogP contribution is 2.30. The molecule has 0 spiro atoms. The van der Waals surface area contributed by atoms with Gasteiger partial charge in [0.25, 0.3) is 0 Å². The summed E-state index contributed by atoms with van der Waals surface area (Å²) < 4.78 is 22.9. The molecule has 0 saturated heterocycles. The third-order valence-corrected chi connectivity index (χ3v) is 5.03. The first kappa shape index (κ1) is 23.0. The summed E-state index contributed by atoms with van der Waals surface area (Å²) in [6.07, 6.45) is 5.33. The van der Waals surface area contributed by atoms with Crippen molar-refractivity contribution in [1.82, 2.24) is 0 Å². The largest absolute Gasteiger partial charge is 0.493 e. The van der Waals surface area contributed by atoms with Gasteiger partial charge in [-0.3, -0.25) is 0 Å². The first-order valence-corrected chi connectivity index (χ1v) is 10.6. The lowest BCUT2D eigenvalue weighted by molar-refractivity contribution is 0.281. The van der Waals surface area contributed by atoms with Gasteiger partial charge in [-0.05, 0) is 59.4 Å². The van der Waals surface area contributed by atoms with Crippen molar-refractivity contribution in [3.05, 3.63) is 108 Å². The van der Waals surface area contributed by atoms with Crippen LogP contribution in [0.5, 0.6) is 23.0 Å².